The molecular formula is C12H20O3. The first-order valence-electron chi connectivity index (χ1n) is 5.73. The Labute approximate surface area is 91.2 Å². The van der Waals surface area contributed by atoms with Gasteiger partial charge in [-0.15, -0.1) is 0 Å². The van der Waals surface area contributed by atoms with E-state index in [1.54, 1.807) is 0 Å². The first kappa shape index (κ1) is 12.2. The molecule has 1 unspecified atom stereocenters. The maximum Gasteiger partial charge on any atom is 0.316 e. The molecule has 0 bridgehead atoms. The highest BCUT2D eigenvalue weighted by atomic mass is 16.5. The summed E-state index contributed by atoms with van der Waals surface area (Å²) < 4.78 is 4.66. The van der Waals surface area contributed by atoms with Gasteiger partial charge < -0.3 is 4.74 Å². The summed E-state index contributed by atoms with van der Waals surface area (Å²) >= 11 is 0. The maximum absolute atomic E-state index is 11.4. The molecule has 0 saturated heterocycles. The second-order valence-corrected chi connectivity index (χ2v) is 4.43. The third-order valence-electron chi connectivity index (χ3n) is 3.27. The van der Waals surface area contributed by atoms with E-state index in [1.165, 1.54) is 33.3 Å². The van der Waals surface area contributed by atoms with Gasteiger partial charge in [-0.3, -0.25) is 9.59 Å². The molecule has 0 aromatic rings. The van der Waals surface area contributed by atoms with Crippen LogP contribution in [-0.2, 0) is 14.3 Å². The smallest absolute Gasteiger partial charge is 0.316 e. The van der Waals surface area contributed by atoms with Gasteiger partial charge in [-0.2, -0.15) is 0 Å². The molecular weight excluding hydrogens is 192 g/mol. The number of carbonyl (C=O) groups is 2. The number of methoxy groups -OCH3 is 1. The van der Waals surface area contributed by atoms with E-state index < -0.39 is 5.92 Å². The highest BCUT2D eigenvalue weighted by Crippen LogP contribution is 2.29. The summed E-state index contributed by atoms with van der Waals surface area (Å²) in [6.07, 6.45) is 6.75. The molecule has 1 aliphatic carbocycles. The van der Waals surface area contributed by atoms with Gasteiger partial charge in [0.2, 0.25) is 0 Å². The van der Waals surface area contributed by atoms with Crippen molar-refractivity contribution in [1.29, 1.82) is 0 Å². The molecule has 0 spiro atoms. The van der Waals surface area contributed by atoms with E-state index in [0.717, 1.165) is 12.8 Å². The van der Waals surface area contributed by atoms with Crippen molar-refractivity contribution >= 4 is 11.8 Å². The molecule has 0 N–H and O–H groups in total. The van der Waals surface area contributed by atoms with Crippen LogP contribution in [0.15, 0.2) is 0 Å². The number of hydrogen-bond donors (Lipinski definition) is 0. The van der Waals surface area contributed by atoms with Gasteiger partial charge in [0.05, 0.1) is 7.11 Å². The molecule has 1 aliphatic rings. The molecule has 86 valence electrons. The quantitative estimate of drug-likeness (QED) is 0.530. The molecule has 1 fully saturated rings. The molecule has 0 aromatic carbocycles. The number of ether oxygens (including phenoxy) is 1. The van der Waals surface area contributed by atoms with Gasteiger partial charge in [0.1, 0.15) is 11.7 Å². The van der Waals surface area contributed by atoms with Crippen molar-refractivity contribution < 1.29 is 14.3 Å². The first-order chi connectivity index (χ1) is 7.15. The van der Waals surface area contributed by atoms with Gasteiger partial charge in [-0.1, -0.05) is 32.1 Å². The van der Waals surface area contributed by atoms with Gasteiger partial charge in [0, 0.05) is 0 Å². The van der Waals surface area contributed by atoms with Crippen LogP contribution in [0.2, 0.25) is 0 Å². The van der Waals surface area contributed by atoms with Crippen molar-refractivity contribution in [3.05, 3.63) is 0 Å². The molecule has 0 heterocycles. The van der Waals surface area contributed by atoms with Crippen LogP contribution < -0.4 is 0 Å². The van der Waals surface area contributed by atoms with Gasteiger partial charge >= 0.3 is 5.97 Å². The van der Waals surface area contributed by atoms with Crippen LogP contribution in [0, 0.1) is 11.8 Å². The molecule has 3 heteroatoms. The largest absolute Gasteiger partial charge is 0.468 e. The van der Waals surface area contributed by atoms with Gasteiger partial charge in [0.25, 0.3) is 0 Å². The predicted octanol–water partition coefficient (Wildman–Crippen LogP) is 2.33. The number of carbonyl (C=O) groups excluding carboxylic acids is 2. The number of esters is 1. The summed E-state index contributed by atoms with van der Waals surface area (Å²) in [5, 5.41) is 0. The van der Waals surface area contributed by atoms with Crippen molar-refractivity contribution in [3.8, 4) is 0 Å². The lowest BCUT2D eigenvalue weighted by Gasteiger charge is -2.24. The number of rotatable bonds is 4. The lowest BCUT2D eigenvalue weighted by atomic mass is 9.82. The summed E-state index contributed by atoms with van der Waals surface area (Å²) in [6.45, 7) is 1.48. The van der Waals surface area contributed by atoms with E-state index >= 15 is 0 Å². The minimum absolute atomic E-state index is 0.0626. The highest BCUT2D eigenvalue weighted by Gasteiger charge is 2.28. The maximum atomic E-state index is 11.4. The zero-order valence-corrected chi connectivity index (χ0v) is 9.62. The Balaban J connectivity index is 2.49. The Kier molecular flexibility index (Phi) is 4.79. The van der Waals surface area contributed by atoms with Crippen molar-refractivity contribution in [2.45, 2.75) is 45.4 Å². The summed E-state index contributed by atoms with van der Waals surface area (Å²) in [5.74, 6) is -0.426. The SMILES string of the molecule is COC(=O)C(CC1CCCCC1)C(C)=O. The zero-order chi connectivity index (χ0) is 11.3. The van der Waals surface area contributed by atoms with Gasteiger partial charge in [0.15, 0.2) is 0 Å². The summed E-state index contributed by atoms with van der Waals surface area (Å²) in [5.41, 5.74) is 0. The van der Waals surface area contributed by atoms with Crippen LogP contribution >= 0.6 is 0 Å². The number of ketones is 1. The third kappa shape index (κ3) is 3.65. The summed E-state index contributed by atoms with van der Waals surface area (Å²) in [6, 6.07) is 0. The van der Waals surface area contributed by atoms with Crippen LogP contribution in [0.1, 0.15) is 45.4 Å². The Morgan fingerprint density at radius 3 is 2.33 bits per heavy atom. The Morgan fingerprint density at radius 1 is 1.27 bits per heavy atom. The lowest BCUT2D eigenvalue weighted by Crippen LogP contribution is -2.26. The molecule has 1 saturated carbocycles. The molecule has 3 nitrogen and oxygen atoms in total. The Hall–Kier alpha value is -0.860. The van der Waals surface area contributed by atoms with Crippen molar-refractivity contribution in [2.75, 3.05) is 7.11 Å². The summed E-state index contributed by atoms with van der Waals surface area (Å²) in [7, 11) is 1.35. The van der Waals surface area contributed by atoms with Crippen molar-refractivity contribution in [2.24, 2.45) is 11.8 Å². The fourth-order valence-electron chi connectivity index (χ4n) is 2.33. The molecule has 0 aliphatic heterocycles. The lowest BCUT2D eigenvalue weighted by molar-refractivity contribution is -0.149. The molecule has 1 rings (SSSR count). The fourth-order valence-corrected chi connectivity index (χ4v) is 2.33. The van der Waals surface area contributed by atoms with Gasteiger partial charge in [-0.25, -0.2) is 0 Å². The van der Waals surface area contributed by atoms with E-state index in [4.69, 9.17) is 0 Å². The van der Waals surface area contributed by atoms with E-state index in [0.29, 0.717) is 12.3 Å². The standard InChI is InChI=1S/C12H20O3/c1-9(13)11(12(14)15-2)8-10-6-4-3-5-7-10/h10-11H,3-8H2,1-2H3. The number of Topliss-reactive ketones (excluding diaryl/α,β-unsaturated/α-hetero) is 1. The molecule has 15 heavy (non-hydrogen) atoms. The van der Waals surface area contributed by atoms with Crippen LogP contribution in [0.25, 0.3) is 0 Å². The van der Waals surface area contributed by atoms with Crippen LogP contribution in [0.3, 0.4) is 0 Å². The zero-order valence-electron chi connectivity index (χ0n) is 9.62. The van der Waals surface area contributed by atoms with Crippen LogP contribution in [0.4, 0.5) is 0 Å². The normalized spacial score (nSPS) is 19.6. The third-order valence-corrected chi connectivity index (χ3v) is 3.27. The average molecular weight is 212 g/mol. The van der Waals surface area contributed by atoms with E-state index in [9.17, 15) is 9.59 Å². The Morgan fingerprint density at radius 2 is 1.87 bits per heavy atom. The number of hydrogen-bond acceptors (Lipinski definition) is 3. The topological polar surface area (TPSA) is 43.4 Å². The highest BCUT2D eigenvalue weighted by molar-refractivity contribution is 5.97. The van der Waals surface area contributed by atoms with Gasteiger partial charge in [-0.05, 0) is 19.3 Å². The van der Waals surface area contributed by atoms with E-state index in [-0.39, 0.29) is 11.8 Å². The molecule has 1 atom stereocenters. The molecule has 0 radical (unpaired) electrons. The second-order valence-electron chi connectivity index (χ2n) is 4.43. The molecule has 0 aromatic heterocycles. The fraction of sp³-hybridized carbons (Fsp3) is 0.833. The predicted molar refractivity (Wildman–Crippen MR) is 57.4 cm³/mol. The van der Waals surface area contributed by atoms with E-state index in [2.05, 4.69) is 4.74 Å². The minimum Gasteiger partial charge on any atom is -0.468 e. The van der Waals surface area contributed by atoms with Crippen molar-refractivity contribution in [3.63, 3.8) is 0 Å². The van der Waals surface area contributed by atoms with Crippen LogP contribution in [0.5, 0.6) is 0 Å². The monoisotopic (exact) mass is 212 g/mol. The van der Waals surface area contributed by atoms with Crippen LogP contribution in [-0.4, -0.2) is 18.9 Å². The average Bonchev–Trinajstić information content (AvgIpc) is 2.26. The van der Waals surface area contributed by atoms with Crippen molar-refractivity contribution in [1.82, 2.24) is 0 Å². The van der Waals surface area contributed by atoms with E-state index in [1.807, 2.05) is 0 Å². The second kappa shape index (κ2) is 5.89. The first-order valence-corrected chi connectivity index (χ1v) is 5.73. The molecule has 0 amide bonds. The minimum atomic E-state index is -0.530. The Bertz CT molecular complexity index is 229. The summed E-state index contributed by atoms with van der Waals surface area (Å²) in [4.78, 5) is 22.7.